The summed E-state index contributed by atoms with van der Waals surface area (Å²) in [6, 6.07) is 15.2. The van der Waals surface area contributed by atoms with Crippen LogP contribution in [0.1, 0.15) is 5.56 Å². The first kappa shape index (κ1) is 17.0. The highest BCUT2D eigenvalue weighted by Gasteiger charge is 2.10. The van der Waals surface area contributed by atoms with Gasteiger partial charge in [-0.05, 0) is 48.0 Å². The van der Waals surface area contributed by atoms with Gasteiger partial charge in [0.05, 0.1) is 34.9 Å². The highest BCUT2D eigenvalue weighted by molar-refractivity contribution is 6.32. The lowest BCUT2D eigenvalue weighted by Gasteiger charge is -2.12. The number of methoxy groups -OCH3 is 1. The highest BCUT2D eigenvalue weighted by Crippen LogP contribution is 2.30. The third kappa shape index (κ3) is 3.20. The largest absolute Gasteiger partial charge is 0.495 e. The molecule has 0 aliphatic rings. The second-order valence-electron chi connectivity index (χ2n) is 5.79. The number of nitrogens with one attached hydrogen (secondary N) is 2. The van der Waals surface area contributed by atoms with E-state index in [9.17, 15) is 0 Å². The summed E-state index contributed by atoms with van der Waals surface area (Å²) in [7, 11) is 1.58. The van der Waals surface area contributed by atoms with Gasteiger partial charge in [0.1, 0.15) is 5.75 Å². The van der Waals surface area contributed by atoms with Crippen molar-refractivity contribution in [3.8, 4) is 5.75 Å². The summed E-state index contributed by atoms with van der Waals surface area (Å²) < 4.78 is 7.26. The van der Waals surface area contributed by atoms with Crippen LogP contribution in [0.3, 0.4) is 0 Å². The van der Waals surface area contributed by atoms with Crippen LogP contribution in [0.4, 0.5) is 11.5 Å². The van der Waals surface area contributed by atoms with E-state index in [1.54, 1.807) is 19.2 Å². The molecule has 0 atom stereocenters. The molecule has 134 valence electrons. The van der Waals surface area contributed by atoms with Gasteiger partial charge in [0.25, 0.3) is 0 Å². The predicted molar refractivity (Wildman–Crippen MR) is 107 cm³/mol. The minimum Gasteiger partial charge on any atom is -0.495 e. The van der Waals surface area contributed by atoms with E-state index in [0.717, 1.165) is 27.8 Å². The minimum absolute atomic E-state index is 0.521. The molecule has 2 N–H and O–H groups in total. The molecule has 2 heterocycles. The lowest BCUT2D eigenvalue weighted by molar-refractivity contribution is 0.415. The first-order chi connectivity index (χ1) is 13.2. The van der Waals surface area contributed by atoms with Crippen LogP contribution in [0, 0.1) is 5.53 Å². The summed E-state index contributed by atoms with van der Waals surface area (Å²) in [5.41, 5.74) is 11.1. The van der Waals surface area contributed by atoms with Crippen LogP contribution in [-0.2, 0) is 0 Å². The molecule has 2 aromatic heterocycles. The average molecular weight is 379 g/mol. The van der Waals surface area contributed by atoms with Gasteiger partial charge in [0, 0.05) is 11.9 Å². The van der Waals surface area contributed by atoms with Gasteiger partial charge in [-0.15, -0.1) is 5.10 Å². The number of nitrogens with zero attached hydrogens (tertiary/aromatic N) is 4. The predicted octanol–water partition coefficient (Wildman–Crippen LogP) is 5.26. The van der Waals surface area contributed by atoms with E-state index >= 15 is 0 Å². The number of halogens is 1. The summed E-state index contributed by atoms with van der Waals surface area (Å²) in [4.78, 5) is 4.77. The smallest absolute Gasteiger partial charge is 0.155 e. The quantitative estimate of drug-likeness (QED) is 0.282. The Morgan fingerprint density at radius 1 is 1.19 bits per heavy atom. The topological polar surface area (TPSA) is 87.1 Å². The van der Waals surface area contributed by atoms with E-state index in [1.165, 1.54) is 6.21 Å². The van der Waals surface area contributed by atoms with E-state index in [0.29, 0.717) is 16.6 Å². The van der Waals surface area contributed by atoms with E-state index in [-0.39, 0.29) is 0 Å². The second-order valence-corrected chi connectivity index (χ2v) is 6.20. The van der Waals surface area contributed by atoms with E-state index in [1.807, 2.05) is 42.6 Å². The van der Waals surface area contributed by atoms with Crippen LogP contribution in [0.5, 0.6) is 5.75 Å². The summed E-state index contributed by atoms with van der Waals surface area (Å²) in [5, 5.41) is 10.5. The lowest BCUT2D eigenvalue weighted by atomic mass is 10.2. The van der Waals surface area contributed by atoms with E-state index in [4.69, 9.17) is 26.9 Å². The van der Waals surface area contributed by atoms with Gasteiger partial charge < -0.3 is 14.5 Å². The Hall–Kier alpha value is -3.45. The van der Waals surface area contributed by atoms with Crippen molar-refractivity contribution in [2.45, 2.75) is 0 Å². The molecule has 7 nitrogen and oxygen atoms in total. The molecule has 8 heteroatoms. The fraction of sp³-hybridized carbons (Fsp3) is 0.0526. The minimum atomic E-state index is 0.521. The molecule has 0 bridgehead atoms. The van der Waals surface area contributed by atoms with E-state index < -0.39 is 0 Å². The molecule has 0 unspecified atom stereocenters. The fourth-order valence-corrected chi connectivity index (χ4v) is 3.20. The van der Waals surface area contributed by atoms with Gasteiger partial charge in [0.2, 0.25) is 0 Å². The zero-order valence-electron chi connectivity index (χ0n) is 14.3. The SMILES string of the molecule is COc1ccc(Nc2nc3cc(C=NN=N)ccc3n3cccc23)cc1Cl. The van der Waals surface area contributed by atoms with Crippen LogP contribution in [0.25, 0.3) is 16.6 Å². The van der Waals surface area contributed by atoms with Gasteiger partial charge in [-0.1, -0.05) is 22.9 Å². The highest BCUT2D eigenvalue weighted by atomic mass is 35.5. The van der Waals surface area contributed by atoms with Crippen LogP contribution in [-0.4, -0.2) is 22.7 Å². The van der Waals surface area contributed by atoms with Gasteiger partial charge in [-0.3, -0.25) is 0 Å². The maximum absolute atomic E-state index is 6.79. The number of benzene rings is 2. The van der Waals surface area contributed by atoms with Crippen molar-refractivity contribution >= 4 is 45.9 Å². The van der Waals surface area contributed by atoms with Crippen molar-refractivity contribution in [1.29, 1.82) is 5.53 Å². The molecule has 0 radical (unpaired) electrons. The molecular formula is C19H15ClN6O. The summed E-state index contributed by atoms with van der Waals surface area (Å²) in [5.74, 6) is 1.32. The number of anilines is 2. The third-order valence-electron chi connectivity index (χ3n) is 4.16. The zero-order chi connectivity index (χ0) is 18.8. The molecule has 0 aliphatic heterocycles. The first-order valence-corrected chi connectivity index (χ1v) is 8.48. The van der Waals surface area contributed by atoms with Gasteiger partial charge in [0.15, 0.2) is 5.82 Å². The van der Waals surface area contributed by atoms with E-state index in [2.05, 4.69) is 20.0 Å². The molecule has 4 rings (SSSR count). The average Bonchev–Trinajstić information content (AvgIpc) is 3.17. The number of hydrogen-bond donors (Lipinski definition) is 2. The molecule has 2 aromatic carbocycles. The van der Waals surface area contributed by atoms with Gasteiger partial charge in [-0.25, -0.2) is 4.98 Å². The van der Waals surface area contributed by atoms with Crippen molar-refractivity contribution in [3.63, 3.8) is 0 Å². The molecule has 0 amide bonds. The zero-order valence-corrected chi connectivity index (χ0v) is 15.1. The number of rotatable bonds is 5. The monoisotopic (exact) mass is 378 g/mol. The Kier molecular flexibility index (Phi) is 4.43. The summed E-state index contributed by atoms with van der Waals surface area (Å²) in [6.45, 7) is 0. The number of aromatic nitrogens is 2. The van der Waals surface area contributed by atoms with Crippen molar-refractivity contribution < 1.29 is 4.74 Å². The van der Waals surface area contributed by atoms with Crippen LogP contribution >= 0.6 is 11.6 Å². The molecule has 0 saturated heterocycles. The number of fused-ring (bicyclic) bond motifs is 3. The fourth-order valence-electron chi connectivity index (χ4n) is 2.94. The molecule has 0 aliphatic carbocycles. The Bertz CT molecular complexity index is 1180. The normalized spacial score (nSPS) is 11.3. The van der Waals surface area contributed by atoms with Crippen molar-refractivity contribution in [1.82, 2.24) is 9.38 Å². The Morgan fingerprint density at radius 3 is 2.85 bits per heavy atom. The molecular weight excluding hydrogens is 364 g/mol. The summed E-state index contributed by atoms with van der Waals surface area (Å²) >= 11 is 6.23. The van der Waals surface area contributed by atoms with Gasteiger partial charge in [-0.2, -0.15) is 5.53 Å². The first-order valence-electron chi connectivity index (χ1n) is 8.11. The molecule has 4 aromatic rings. The molecule has 0 spiro atoms. The standard InChI is InChI=1S/C19H15ClN6O/c1-27-18-7-5-13(10-14(18)20)23-19-17-3-2-8-26(17)16-6-4-12(11-22-25-21)9-15(16)24-19/h2-11,21H,1H3,(H,23,24). The molecule has 27 heavy (non-hydrogen) atoms. The maximum atomic E-state index is 6.79. The Morgan fingerprint density at radius 2 is 2.07 bits per heavy atom. The van der Waals surface area contributed by atoms with Crippen LogP contribution < -0.4 is 10.1 Å². The molecule has 0 fully saturated rings. The lowest BCUT2D eigenvalue weighted by Crippen LogP contribution is -2.00. The van der Waals surface area contributed by atoms with Crippen LogP contribution in [0.15, 0.2) is 65.1 Å². The van der Waals surface area contributed by atoms with Gasteiger partial charge >= 0.3 is 0 Å². The number of ether oxygens (including phenoxy) is 1. The Labute approximate surface area is 159 Å². The second kappa shape index (κ2) is 7.05. The molecule has 0 saturated carbocycles. The summed E-state index contributed by atoms with van der Waals surface area (Å²) in [6.07, 6.45) is 3.50. The van der Waals surface area contributed by atoms with Crippen molar-refractivity contribution in [3.05, 3.63) is 65.3 Å². The third-order valence-corrected chi connectivity index (χ3v) is 4.46. The van der Waals surface area contributed by atoms with Crippen molar-refractivity contribution in [2.24, 2.45) is 10.3 Å². The van der Waals surface area contributed by atoms with Crippen LogP contribution in [0.2, 0.25) is 5.02 Å². The van der Waals surface area contributed by atoms with Crippen molar-refractivity contribution in [2.75, 3.05) is 12.4 Å². The number of hydrogen-bond acceptors (Lipinski definition) is 5. The Balaban J connectivity index is 1.83. The maximum Gasteiger partial charge on any atom is 0.155 e.